The molecule has 182 valence electrons. The SMILES string of the molecule is Cc1cc(N2COCCS2(=O)=O)ccc1C(=O)Nc1ccc(Cl)c(NC(=O)c2cccc(Cl)c2)c1. The summed E-state index contributed by atoms with van der Waals surface area (Å²) in [6.07, 6.45) is 0. The van der Waals surface area contributed by atoms with Gasteiger partial charge in [-0.1, -0.05) is 29.3 Å². The number of carbonyl (C=O) groups excluding carboxylic acids is 2. The molecule has 8 nitrogen and oxygen atoms in total. The standard InChI is InChI=1S/C24H21Cl2N3O5S/c1-15-11-19(29-14-34-9-10-35(29,32)33)6-7-20(15)24(31)27-18-5-8-21(26)22(13-18)28-23(30)16-3-2-4-17(25)12-16/h2-8,11-13H,9-10,14H2,1H3,(H,27,31)(H,28,30). The minimum atomic E-state index is -3.46. The van der Waals surface area contributed by atoms with Crippen LogP contribution in [-0.4, -0.2) is 39.3 Å². The van der Waals surface area contributed by atoms with E-state index < -0.39 is 21.8 Å². The predicted octanol–water partition coefficient (Wildman–Crippen LogP) is 4.93. The van der Waals surface area contributed by atoms with Gasteiger partial charge in [0.2, 0.25) is 10.0 Å². The van der Waals surface area contributed by atoms with Crippen LogP contribution in [0.2, 0.25) is 10.0 Å². The number of sulfonamides is 1. The zero-order valence-corrected chi connectivity index (χ0v) is 20.9. The first kappa shape index (κ1) is 25.0. The molecule has 0 aliphatic carbocycles. The fourth-order valence-electron chi connectivity index (χ4n) is 3.52. The number of aryl methyl sites for hydroxylation is 1. The maximum atomic E-state index is 12.9. The van der Waals surface area contributed by atoms with Gasteiger partial charge in [-0.15, -0.1) is 0 Å². The van der Waals surface area contributed by atoms with Crippen LogP contribution in [-0.2, 0) is 14.8 Å². The predicted molar refractivity (Wildman–Crippen MR) is 137 cm³/mol. The molecule has 0 atom stereocenters. The largest absolute Gasteiger partial charge is 0.359 e. The van der Waals surface area contributed by atoms with Gasteiger partial charge in [0.05, 0.1) is 28.8 Å². The van der Waals surface area contributed by atoms with Crippen molar-refractivity contribution in [2.24, 2.45) is 0 Å². The molecule has 0 bridgehead atoms. The van der Waals surface area contributed by atoms with Crippen molar-refractivity contribution in [2.45, 2.75) is 6.92 Å². The van der Waals surface area contributed by atoms with Crippen molar-refractivity contribution in [2.75, 3.05) is 34.0 Å². The lowest BCUT2D eigenvalue weighted by Crippen LogP contribution is -2.41. The summed E-state index contributed by atoms with van der Waals surface area (Å²) in [6.45, 7) is 1.80. The second kappa shape index (κ2) is 10.2. The number of benzene rings is 3. The first-order valence-corrected chi connectivity index (χ1v) is 12.9. The van der Waals surface area contributed by atoms with Crippen LogP contribution in [0.4, 0.5) is 17.1 Å². The number of ether oxygens (including phenoxy) is 1. The maximum absolute atomic E-state index is 12.9. The number of hydrogen-bond donors (Lipinski definition) is 2. The van der Waals surface area contributed by atoms with Gasteiger partial charge in [0.25, 0.3) is 11.8 Å². The monoisotopic (exact) mass is 533 g/mol. The Kier molecular flexibility index (Phi) is 7.32. The van der Waals surface area contributed by atoms with Crippen LogP contribution < -0.4 is 14.9 Å². The molecule has 0 unspecified atom stereocenters. The zero-order valence-electron chi connectivity index (χ0n) is 18.5. The van der Waals surface area contributed by atoms with Crippen molar-refractivity contribution in [1.29, 1.82) is 0 Å². The molecule has 35 heavy (non-hydrogen) atoms. The number of nitrogens with one attached hydrogen (secondary N) is 2. The molecule has 0 radical (unpaired) electrons. The van der Waals surface area contributed by atoms with Crippen molar-refractivity contribution < 1.29 is 22.7 Å². The summed E-state index contributed by atoms with van der Waals surface area (Å²) in [5.74, 6) is -0.900. The van der Waals surface area contributed by atoms with Gasteiger partial charge < -0.3 is 15.4 Å². The van der Waals surface area contributed by atoms with Gasteiger partial charge in [-0.2, -0.15) is 0 Å². The van der Waals surface area contributed by atoms with Crippen LogP contribution in [0.15, 0.2) is 60.7 Å². The van der Waals surface area contributed by atoms with Crippen molar-refractivity contribution in [1.82, 2.24) is 0 Å². The van der Waals surface area contributed by atoms with E-state index in [9.17, 15) is 18.0 Å². The lowest BCUT2D eigenvalue weighted by molar-refractivity contribution is 0.101. The lowest BCUT2D eigenvalue weighted by Gasteiger charge is -2.28. The highest BCUT2D eigenvalue weighted by Gasteiger charge is 2.27. The van der Waals surface area contributed by atoms with Gasteiger partial charge in [0.1, 0.15) is 6.73 Å². The van der Waals surface area contributed by atoms with E-state index >= 15 is 0 Å². The highest BCUT2D eigenvalue weighted by molar-refractivity contribution is 7.92. The molecule has 1 aliphatic heterocycles. The van der Waals surface area contributed by atoms with Gasteiger partial charge in [0.15, 0.2) is 0 Å². The summed E-state index contributed by atoms with van der Waals surface area (Å²) >= 11 is 12.2. The van der Waals surface area contributed by atoms with Gasteiger partial charge in [-0.25, -0.2) is 12.7 Å². The van der Waals surface area contributed by atoms with E-state index in [1.807, 2.05) is 0 Å². The Balaban J connectivity index is 1.50. The lowest BCUT2D eigenvalue weighted by atomic mass is 10.1. The van der Waals surface area contributed by atoms with E-state index in [2.05, 4.69) is 10.6 Å². The van der Waals surface area contributed by atoms with E-state index in [-0.39, 0.29) is 19.1 Å². The number of carbonyl (C=O) groups is 2. The van der Waals surface area contributed by atoms with E-state index in [1.54, 1.807) is 61.5 Å². The van der Waals surface area contributed by atoms with Crippen LogP contribution in [0.3, 0.4) is 0 Å². The third-order valence-electron chi connectivity index (χ3n) is 5.33. The first-order chi connectivity index (χ1) is 16.6. The molecule has 1 heterocycles. The Hall–Kier alpha value is -3.11. The Morgan fingerprint density at radius 2 is 1.77 bits per heavy atom. The molecule has 1 aliphatic rings. The molecule has 0 aromatic heterocycles. The summed E-state index contributed by atoms with van der Waals surface area (Å²) in [4.78, 5) is 25.5. The molecule has 1 saturated heterocycles. The van der Waals surface area contributed by atoms with E-state index in [0.717, 1.165) is 0 Å². The van der Waals surface area contributed by atoms with Crippen molar-refractivity contribution >= 4 is 62.1 Å². The third-order valence-corrected chi connectivity index (χ3v) is 7.57. The summed E-state index contributed by atoms with van der Waals surface area (Å²) in [7, 11) is -3.46. The molecule has 4 rings (SSSR count). The first-order valence-electron chi connectivity index (χ1n) is 10.5. The molecule has 3 aromatic rings. The van der Waals surface area contributed by atoms with Crippen molar-refractivity contribution in [3.8, 4) is 0 Å². The van der Waals surface area contributed by atoms with Gasteiger partial charge in [-0.3, -0.25) is 9.59 Å². The normalized spacial score (nSPS) is 14.9. The average Bonchev–Trinajstić information content (AvgIpc) is 2.80. The second-order valence-electron chi connectivity index (χ2n) is 7.81. The fourth-order valence-corrected chi connectivity index (χ4v) is 5.09. The van der Waals surface area contributed by atoms with Gasteiger partial charge in [-0.05, 0) is 67.1 Å². The molecule has 11 heteroatoms. The van der Waals surface area contributed by atoms with Crippen molar-refractivity contribution in [3.63, 3.8) is 0 Å². The second-order valence-corrected chi connectivity index (χ2v) is 10.7. The molecule has 2 N–H and O–H groups in total. The summed E-state index contributed by atoms with van der Waals surface area (Å²) in [5, 5.41) is 6.22. The number of nitrogens with zero attached hydrogens (tertiary/aromatic N) is 1. The van der Waals surface area contributed by atoms with Crippen LogP contribution in [0, 0.1) is 6.92 Å². The van der Waals surface area contributed by atoms with Crippen LogP contribution in [0.1, 0.15) is 26.3 Å². The van der Waals surface area contributed by atoms with E-state index in [4.69, 9.17) is 27.9 Å². The number of anilines is 3. The summed E-state index contributed by atoms with van der Waals surface area (Å²) in [5.41, 5.74) is 2.47. The molecule has 0 saturated carbocycles. The smallest absolute Gasteiger partial charge is 0.255 e. The highest BCUT2D eigenvalue weighted by atomic mass is 35.5. The quantitative estimate of drug-likeness (QED) is 0.483. The molecule has 0 spiro atoms. The number of halogens is 2. The molecule has 2 amide bonds. The Bertz CT molecular complexity index is 1410. The Morgan fingerprint density at radius 1 is 0.971 bits per heavy atom. The molecule has 3 aromatic carbocycles. The number of rotatable bonds is 5. The topological polar surface area (TPSA) is 105 Å². The van der Waals surface area contributed by atoms with Gasteiger partial charge >= 0.3 is 0 Å². The fraction of sp³-hybridized carbons (Fsp3) is 0.167. The zero-order chi connectivity index (χ0) is 25.2. The van der Waals surface area contributed by atoms with Crippen LogP contribution in [0.5, 0.6) is 0 Å². The average molecular weight is 534 g/mol. The third kappa shape index (κ3) is 5.76. The summed E-state index contributed by atoms with van der Waals surface area (Å²) in [6, 6.07) is 15.9. The number of amides is 2. The Labute approximate surface area is 212 Å². The molecule has 1 fully saturated rings. The van der Waals surface area contributed by atoms with Crippen LogP contribution in [0.25, 0.3) is 0 Å². The molecular formula is C24H21Cl2N3O5S. The molecular weight excluding hydrogens is 513 g/mol. The minimum Gasteiger partial charge on any atom is -0.359 e. The van der Waals surface area contributed by atoms with E-state index in [0.29, 0.717) is 43.8 Å². The van der Waals surface area contributed by atoms with E-state index in [1.165, 1.54) is 10.4 Å². The number of hydrogen-bond acceptors (Lipinski definition) is 5. The van der Waals surface area contributed by atoms with Gasteiger partial charge in [0, 0.05) is 21.8 Å². The maximum Gasteiger partial charge on any atom is 0.255 e. The Morgan fingerprint density at radius 3 is 2.49 bits per heavy atom. The highest BCUT2D eigenvalue weighted by Crippen LogP contribution is 2.28. The minimum absolute atomic E-state index is 0.0677. The van der Waals surface area contributed by atoms with Crippen LogP contribution >= 0.6 is 23.2 Å². The summed E-state index contributed by atoms with van der Waals surface area (Å²) < 4.78 is 31.1. The van der Waals surface area contributed by atoms with Crippen molar-refractivity contribution in [3.05, 3.63) is 87.4 Å².